The molecule has 0 bridgehead atoms. The van der Waals surface area contributed by atoms with Crippen molar-refractivity contribution in [2.75, 3.05) is 20.7 Å². The molecule has 0 aromatic heterocycles. The van der Waals surface area contributed by atoms with Crippen molar-refractivity contribution in [3.8, 4) is 5.75 Å². The van der Waals surface area contributed by atoms with E-state index in [0.717, 1.165) is 48.1 Å². The molecule has 2 amide bonds. The Kier molecular flexibility index (Phi) is 13.0. The Hall–Kier alpha value is -1.91. The summed E-state index contributed by atoms with van der Waals surface area (Å²) < 4.78 is 33.7. The third-order valence-electron chi connectivity index (χ3n) is 4.54. The Balaban J connectivity index is 2.82. The minimum absolute atomic E-state index is 0.0613. The topological polar surface area (TPSA) is 105 Å². The van der Waals surface area contributed by atoms with Crippen molar-refractivity contribution >= 4 is 33.6 Å². The molecule has 0 saturated carbocycles. The Labute approximate surface area is 184 Å². The molecule has 1 N–H and O–H groups in total. The van der Waals surface area contributed by atoms with Gasteiger partial charge in [0.1, 0.15) is 5.75 Å². The van der Waals surface area contributed by atoms with Gasteiger partial charge in [0.05, 0.1) is 19.6 Å². The number of carbonyl (C=O) groups excluding carboxylic acids is 2. The lowest BCUT2D eigenvalue weighted by Crippen LogP contribution is -2.38. The summed E-state index contributed by atoms with van der Waals surface area (Å²) in [6.07, 6.45) is 5.01. The van der Waals surface area contributed by atoms with Crippen LogP contribution in [0, 0.1) is 0 Å². The van der Waals surface area contributed by atoms with Crippen molar-refractivity contribution in [3.05, 3.63) is 29.8 Å². The van der Waals surface area contributed by atoms with Crippen LogP contribution in [0.3, 0.4) is 0 Å². The van der Waals surface area contributed by atoms with Gasteiger partial charge in [-0.3, -0.25) is 19.2 Å². The molecule has 0 aliphatic carbocycles. The molecule has 10 heteroatoms. The lowest BCUT2D eigenvalue weighted by molar-refractivity contribution is -0.127. The molecule has 1 aromatic carbocycles. The molecule has 168 valence electrons. The summed E-state index contributed by atoms with van der Waals surface area (Å²) in [5, 5.41) is -0.427. The number of imide groups is 1. The number of ether oxygens (including phenoxy) is 1. The number of nitrogens with one attached hydrogen (secondary N) is 1. The summed E-state index contributed by atoms with van der Waals surface area (Å²) in [6.45, 7) is 2.22. The minimum Gasteiger partial charge on any atom is -0.497 e. The van der Waals surface area contributed by atoms with Crippen molar-refractivity contribution in [2.45, 2.75) is 57.9 Å². The van der Waals surface area contributed by atoms with Crippen molar-refractivity contribution in [3.63, 3.8) is 0 Å². The van der Waals surface area contributed by atoms with Crippen molar-refractivity contribution in [1.82, 2.24) is 9.62 Å². The van der Waals surface area contributed by atoms with E-state index in [2.05, 4.69) is 16.0 Å². The number of carbonyl (C=O) groups is 2. The fourth-order valence-electron chi connectivity index (χ4n) is 2.93. The zero-order chi connectivity index (χ0) is 22.4. The third-order valence-corrected chi connectivity index (χ3v) is 5.61. The van der Waals surface area contributed by atoms with Crippen LogP contribution >= 0.6 is 11.9 Å². The van der Waals surface area contributed by atoms with Gasteiger partial charge in [0.2, 0.25) is 5.91 Å². The number of methoxy groups -OCH3 is 1. The Morgan fingerprint density at radius 3 is 2.43 bits per heavy atom. The molecule has 0 spiro atoms. The molecule has 0 fully saturated rings. The number of amides is 2. The summed E-state index contributed by atoms with van der Waals surface area (Å²) >= 11 is 0.818. The first-order chi connectivity index (χ1) is 14.4. The highest BCUT2D eigenvalue weighted by atomic mass is 32.2. The van der Waals surface area contributed by atoms with Crippen LogP contribution in [0.25, 0.3) is 0 Å². The SMILES string of the molecule is CCCCCCC(CCN(C(=O)Cc1ccc(OC)cc1)C(=O)SNC)N=S(=O)=O. The summed E-state index contributed by atoms with van der Waals surface area (Å²) in [7, 11) is 0.642. The molecule has 0 heterocycles. The Bertz CT molecular complexity index is 789. The molecule has 8 nitrogen and oxygen atoms in total. The van der Waals surface area contributed by atoms with E-state index in [4.69, 9.17) is 4.74 Å². The average molecular weight is 458 g/mol. The molecule has 0 aliphatic rings. The number of hydrogen-bond donors (Lipinski definition) is 1. The monoisotopic (exact) mass is 457 g/mol. The Morgan fingerprint density at radius 1 is 1.17 bits per heavy atom. The highest BCUT2D eigenvalue weighted by molar-refractivity contribution is 8.11. The largest absolute Gasteiger partial charge is 0.497 e. The predicted octanol–water partition coefficient (Wildman–Crippen LogP) is 3.85. The van der Waals surface area contributed by atoms with E-state index in [1.807, 2.05) is 0 Å². The molecule has 1 atom stereocenters. The normalized spacial score (nSPS) is 11.6. The molecule has 0 radical (unpaired) electrons. The van der Waals surface area contributed by atoms with Crippen LogP contribution in [0.2, 0.25) is 0 Å². The molecule has 1 aromatic rings. The van der Waals surface area contributed by atoms with Gasteiger partial charge < -0.3 is 4.74 Å². The maximum Gasteiger partial charge on any atom is 0.311 e. The first-order valence-corrected chi connectivity index (χ1v) is 11.9. The average Bonchev–Trinajstić information content (AvgIpc) is 2.71. The minimum atomic E-state index is -2.52. The molecule has 30 heavy (non-hydrogen) atoms. The molecular weight excluding hydrogens is 426 g/mol. The van der Waals surface area contributed by atoms with Crippen LogP contribution < -0.4 is 9.46 Å². The van der Waals surface area contributed by atoms with Crippen LogP contribution in [0.5, 0.6) is 5.75 Å². The zero-order valence-corrected chi connectivity index (χ0v) is 19.4. The van der Waals surface area contributed by atoms with Crippen LogP contribution in [0.4, 0.5) is 4.79 Å². The van der Waals surface area contributed by atoms with E-state index >= 15 is 0 Å². The first kappa shape index (κ1) is 26.1. The van der Waals surface area contributed by atoms with Crippen LogP contribution in [-0.4, -0.2) is 51.2 Å². The number of unbranched alkanes of at least 4 members (excludes halogenated alkanes) is 3. The second-order valence-corrected chi connectivity index (χ2v) is 8.36. The first-order valence-electron chi connectivity index (χ1n) is 10.0. The molecule has 1 rings (SSSR count). The summed E-state index contributed by atoms with van der Waals surface area (Å²) in [4.78, 5) is 26.4. The summed E-state index contributed by atoms with van der Waals surface area (Å²) in [5.41, 5.74) is 0.759. The quantitative estimate of drug-likeness (QED) is 0.354. The predicted molar refractivity (Wildman–Crippen MR) is 119 cm³/mol. The van der Waals surface area contributed by atoms with E-state index < -0.39 is 21.8 Å². The third kappa shape index (κ3) is 10.2. The van der Waals surface area contributed by atoms with Gasteiger partial charge in [0.25, 0.3) is 0 Å². The van der Waals surface area contributed by atoms with Gasteiger partial charge in [-0.25, -0.2) is 0 Å². The fourth-order valence-corrected chi connectivity index (χ4v) is 3.86. The van der Waals surface area contributed by atoms with Gasteiger partial charge in [0.15, 0.2) is 0 Å². The molecular formula is C20H31N3O5S2. The van der Waals surface area contributed by atoms with Gasteiger partial charge in [-0.05, 0) is 37.6 Å². The van der Waals surface area contributed by atoms with Gasteiger partial charge in [-0.2, -0.15) is 12.8 Å². The highest BCUT2D eigenvalue weighted by Gasteiger charge is 2.23. The number of nitrogens with zero attached hydrogens (tertiary/aromatic N) is 2. The van der Waals surface area contributed by atoms with Crippen LogP contribution in [0.15, 0.2) is 28.6 Å². The fraction of sp³-hybridized carbons (Fsp3) is 0.600. The summed E-state index contributed by atoms with van der Waals surface area (Å²) in [5.74, 6) is 0.337. The molecule has 1 unspecified atom stereocenters. The standard InChI is InChI=1S/C20H31N3O5S2/c1-4-5-6-7-8-17(22-30(26)27)13-14-23(20(25)29-21-2)19(24)15-16-9-11-18(28-3)12-10-16/h9-12,17,21H,4-8,13-15H2,1-3H3. The second kappa shape index (κ2) is 15.0. The number of benzene rings is 1. The maximum absolute atomic E-state index is 12.8. The van der Waals surface area contributed by atoms with E-state index in [0.29, 0.717) is 18.6 Å². The number of hydrogen-bond acceptors (Lipinski definition) is 8. The van der Waals surface area contributed by atoms with Crippen LogP contribution in [0.1, 0.15) is 51.0 Å². The van der Waals surface area contributed by atoms with E-state index in [1.54, 1.807) is 38.4 Å². The zero-order valence-electron chi connectivity index (χ0n) is 17.8. The number of rotatable bonds is 13. The van der Waals surface area contributed by atoms with Gasteiger partial charge >= 0.3 is 15.7 Å². The highest BCUT2D eigenvalue weighted by Crippen LogP contribution is 2.16. The van der Waals surface area contributed by atoms with E-state index in [-0.39, 0.29) is 18.9 Å². The van der Waals surface area contributed by atoms with Crippen molar-refractivity contribution in [1.29, 1.82) is 0 Å². The van der Waals surface area contributed by atoms with E-state index in [1.165, 1.54) is 0 Å². The van der Waals surface area contributed by atoms with Gasteiger partial charge in [-0.15, -0.1) is 0 Å². The smallest absolute Gasteiger partial charge is 0.311 e. The van der Waals surface area contributed by atoms with Crippen molar-refractivity contribution < 1.29 is 22.7 Å². The lowest BCUT2D eigenvalue weighted by Gasteiger charge is -2.22. The van der Waals surface area contributed by atoms with Gasteiger partial charge in [-0.1, -0.05) is 44.7 Å². The molecule has 0 aliphatic heterocycles. The summed E-state index contributed by atoms with van der Waals surface area (Å²) in [6, 6.07) is 6.62. The lowest BCUT2D eigenvalue weighted by atomic mass is 10.0. The maximum atomic E-state index is 12.8. The molecule has 0 saturated heterocycles. The van der Waals surface area contributed by atoms with Crippen molar-refractivity contribution in [2.24, 2.45) is 4.36 Å². The van der Waals surface area contributed by atoms with Crippen LogP contribution in [-0.2, 0) is 21.7 Å². The Morgan fingerprint density at radius 2 is 1.87 bits per heavy atom. The van der Waals surface area contributed by atoms with Gasteiger partial charge in [0, 0.05) is 18.5 Å². The second-order valence-electron chi connectivity index (χ2n) is 6.76. The van der Waals surface area contributed by atoms with E-state index in [9.17, 15) is 18.0 Å².